The normalized spacial score (nSPS) is 14.2. The molecule has 1 aliphatic heterocycles. The highest BCUT2D eigenvalue weighted by molar-refractivity contribution is 5.89. The third-order valence-electron chi connectivity index (χ3n) is 5.43. The molecule has 1 aliphatic rings. The number of aromatic nitrogens is 4. The van der Waals surface area contributed by atoms with Gasteiger partial charge in [-0.2, -0.15) is 18.3 Å². The van der Waals surface area contributed by atoms with Gasteiger partial charge in [0.15, 0.2) is 0 Å². The van der Waals surface area contributed by atoms with Gasteiger partial charge in [-0.05, 0) is 29.8 Å². The molecule has 0 unspecified atom stereocenters. The number of amides is 2. The predicted molar refractivity (Wildman–Crippen MR) is 118 cm³/mol. The molecule has 34 heavy (non-hydrogen) atoms. The first-order valence-corrected chi connectivity index (χ1v) is 10.5. The van der Waals surface area contributed by atoms with Crippen molar-refractivity contribution in [3.05, 3.63) is 54.7 Å². The number of halogens is 3. The van der Waals surface area contributed by atoms with E-state index in [4.69, 9.17) is 0 Å². The van der Waals surface area contributed by atoms with Crippen molar-refractivity contribution in [1.29, 1.82) is 0 Å². The average Bonchev–Trinajstić information content (AvgIpc) is 3.27. The zero-order chi connectivity index (χ0) is 24.3. The first-order chi connectivity index (χ1) is 16.2. The van der Waals surface area contributed by atoms with Crippen molar-refractivity contribution in [2.24, 2.45) is 0 Å². The highest BCUT2D eigenvalue weighted by Crippen LogP contribution is 2.30. The van der Waals surface area contributed by atoms with Crippen molar-refractivity contribution in [2.75, 3.05) is 36.4 Å². The number of pyridine rings is 2. The van der Waals surface area contributed by atoms with Gasteiger partial charge in [-0.1, -0.05) is 0 Å². The molecule has 12 heteroatoms. The van der Waals surface area contributed by atoms with E-state index in [0.29, 0.717) is 43.1 Å². The van der Waals surface area contributed by atoms with Crippen molar-refractivity contribution in [3.63, 3.8) is 0 Å². The van der Waals surface area contributed by atoms with E-state index >= 15 is 0 Å². The lowest BCUT2D eigenvalue weighted by Crippen LogP contribution is -2.48. The SMILES string of the molecule is CC(=O)N1CCN(c2ccc(NC(=O)Cn3cc(-c4ccnc(C(F)(F)F)c4)cn3)nc2)CC1. The molecule has 0 atom stereocenters. The molecule has 178 valence electrons. The van der Waals surface area contributed by atoms with E-state index in [9.17, 15) is 22.8 Å². The molecular formula is C22H22F3N7O2. The third-order valence-corrected chi connectivity index (χ3v) is 5.43. The van der Waals surface area contributed by atoms with Gasteiger partial charge in [-0.25, -0.2) is 4.98 Å². The Morgan fingerprint density at radius 2 is 1.79 bits per heavy atom. The number of nitrogens with one attached hydrogen (secondary N) is 1. The first-order valence-electron chi connectivity index (χ1n) is 10.5. The van der Waals surface area contributed by atoms with Crippen LogP contribution in [0.4, 0.5) is 24.7 Å². The summed E-state index contributed by atoms with van der Waals surface area (Å²) in [6, 6.07) is 5.92. The van der Waals surface area contributed by atoms with Gasteiger partial charge >= 0.3 is 6.18 Å². The number of nitrogens with zero attached hydrogens (tertiary/aromatic N) is 6. The lowest BCUT2D eigenvalue weighted by atomic mass is 10.1. The maximum absolute atomic E-state index is 12.9. The Labute approximate surface area is 193 Å². The minimum atomic E-state index is -4.54. The summed E-state index contributed by atoms with van der Waals surface area (Å²) >= 11 is 0. The van der Waals surface area contributed by atoms with E-state index in [2.05, 4.69) is 25.3 Å². The predicted octanol–water partition coefficient (Wildman–Crippen LogP) is 2.67. The molecule has 1 N–H and O–H groups in total. The third kappa shape index (κ3) is 5.50. The highest BCUT2D eigenvalue weighted by Gasteiger charge is 2.32. The number of carbonyl (C=O) groups excluding carboxylic acids is 2. The Balaban J connectivity index is 1.33. The zero-order valence-corrected chi connectivity index (χ0v) is 18.3. The molecule has 3 aromatic heterocycles. The highest BCUT2D eigenvalue weighted by atomic mass is 19.4. The van der Waals surface area contributed by atoms with E-state index in [-0.39, 0.29) is 18.4 Å². The smallest absolute Gasteiger partial charge is 0.367 e. The van der Waals surface area contributed by atoms with E-state index in [1.54, 1.807) is 24.1 Å². The molecule has 1 saturated heterocycles. The molecule has 3 aromatic rings. The van der Waals surface area contributed by atoms with Gasteiger partial charge in [0, 0.05) is 51.1 Å². The van der Waals surface area contributed by atoms with Crippen LogP contribution >= 0.6 is 0 Å². The molecule has 4 rings (SSSR count). The minimum absolute atomic E-state index is 0.0620. The number of rotatable bonds is 5. The van der Waals surface area contributed by atoms with Crippen molar-refractivity contribution < 1.29 is 22.8 Å². The van der Waals surface area contributed by atoms with Crippen LogP contribution in [0, 0.1) is 0 Å². The fourth-order valence-electron chi connectivity index (χ4n) is 3.62. The molecule has 0 aliphatic carbocycles. The number of hydrogen-bond acceptors (Lipinski definition) is 6. The van der Waals surface area contributed by atoms with Gasteiger partial charge < -0.3 is 15.1 Å². The van der Waals surface area contributed by atoms with Crippen LogP contribution in [0.2, 0.25) is 0 Å². The summed E-state index contributed by atoms with van der Waals surface area (Å²) in [5.74, 6) is 0.0510. The Morgan fingerprint density at radius 3 is 2.44 bits per heavy atom. The zero-order valence-electron chi connectivity index (χ0n) is 18.3. The topological polar surface area (TPSA) is 96.2 Å². The number of carbonyl (C=O) groups is 2. The maximum Gasteiger partial charge on any atom is 0.433 e. The van der Waals surface area contributed by atoms with Crippen LogP contribution < -0.4 is 10.2 Å². The van der Waals surface area contributed by atoms with Crippen molar-refractivity contribution in [2.45, 2.75) is 19.6 Å². The van der Waals surface area contributed by atoms with E-state index in [0.717, 1.165) is 18.0 Å². The Hall–Kier alpha value is -3.96. The summed E-state index contributed by atoms with van der Waals surface area (Å²) < 4.78 is 40.0. The largest absolute Gasteiger partial charge is 0.433 e. The summed E-state index contributed by atoms with van der Waals surface area (Å²) in [6.45, 7) is 4.13. The molecule has 0 aromatic carbocycles. The number of alkyl halides is 3. The van der Waals surface area contributed by atoms with Crippen LogP contribution in [-0.2, 0) is 22.3 Å². The van der Waals surface area contributed by atoms with Crippen LogP contribution in [-0.4, -0.2) is 62.6 Å². The second-order valence-electron chi connectivity index (χ2n) is 7.80. The molecule has 0 saturated carbocycles. The van der Waals surface area contributed by atoms with Crippen molar-refractivity contribution in [3.8, 4) is 11.1 Å². The quantitative estimate of drug-likeness (QED) is 0.612. The van der Waals surface area contributed by atoms with Gasteiger partial charge in [0.25, 0.3) is 0 Å². The van der Waals surface area contributed by atoms with Crippen LogP contribution in [0.1, 0.15) is 12.6 Å². The van der Waals surface area contributed by atoms with Gasteiger partial charge in [0.05, 0.1) is 18.1 Å². The molecule has 0 bridgehead atoms. The van der Waals surface area contributed by atoms with Gasteiger partial charge in [-0.15, -0.1) is 0 Å². The summed E-state index contributed by atoms with van der Waals surface area (Å²) in [6.07, 6.45) is 1.08. The second kappa shape index (κ2) is 9.49. The molecule has 1 fully saturated rings. The van der Waals surface area contributed by atoms with E-state index in [1.165, 1.54) is 23.1 Å². The van der Waals surface area contributed by atoms with Crippen LogP contribution in [0.5, 0.6) is 0 Å². The van der Waals surface area contributed by atoms with Gasteiger partial charge in [0.1, 0.15) is 18.1 Å². The standard InChI is InChI=1S/C22H22F3N7O2/c1-15(33)30-6-8-31(9-7-30)18-2-3-20(27-12-18)29-21(34)14-32-13-17(11-28-32)16-4-5-26-19(10-16)22(23,24)25/h2-5,10-13H,6-9,14H2,1H3,(H,27,29,34). The molecule has 2 amide bonds. The van der Waals surface area contributed by atoms with Crippen molar-refractivity contribution in [1.82, 2.24) is 24.6 Å². The minimum Gasteiger partial charge on any atom is -0.367 e. The Morgan fingerprint density at radius 1 is 1.03 bits per heavy atom. The van der Waals surface area contributed by atoms with E-state index < -0.39 is 11.9 Å². The lowest BCUT2D eigenvalue weighted by Gasteiger charge is -2.35. The second-order valence-corrected chi connectivity index (χ2v) is 7.80. The Kier molecular flexibility index (Phi) is 6.48. The number of piperazine rings is 1. The van der Waals surface area contributed by atoms with Gasteiger partial charge in [-0.3, -0.25) is 19.3 Å². The Bertz CT molecular complexity index is 1170. The summed E-state index contributed by atoms with van der Waals surface area (Å²) in [4.78, 5) is 35.4. The monoisotopic (exact) mass is 473 g/mol. The fourth-order valence-corrected chi connectivity index (χ4v) is 3.62. The average molecular weight is 473 g/mol. The van der Waals surface area contributed by atoms with E-state index in [1.807, 2.05) is 6.07 Å². The molecule has 4 heterocycles. The molecular weight excluding hydrogens is 451 g/mol. The summed E-state index contributed by atoms with van der Waals surface area (Å²) in [7, 11) is 0. The maximum atomic E-state index is 12.9. The molecule has 0 spiro atoms. The summed E-state index contributed by atoms with van der Waals surface area (Å²) in [5.41, 5.74) is 0.641. The fraction of sp³-hybridized carbons (Fsp3) is 0.318. The number of anilines is 2. The van der Waals surface area contributed by atoms with Gasteiger partial charge in [0.2, 0.25) is 11.8 Å². The summed E-state index contributed by atoms with van der Waals surface area (Å²) in [5, 5.41) is 6.74. The molecule has 9 nitrogen and oxygen atoms in total. The lowest BCUT2D eigenvalue weighted by molar-refractivity contribution is -0.141. The molecule has 0 radical (unpaired) electrons. The van der Waals surface area contributed by atoms with Crippen LogP contribution in [0.3, 0.4) is 0 Å². The van der Waals surface area contributed by atoms with Crippen LogP contribution in [0.15, 0.2) is 49.1 Å². The number of hydrogen-bond donors (Lipinski definition) is 1. The van der Waals surface area contributed by atoms with Crippen LogP contribution in [0.25, 0.3) is 11.1 Å². The van der Waals surface area contributed by atoms with Crippen molar-refractivity contribution >= 4 is 23.3 Å². The first kappa shape index (κ1) is 23.2.